The van der Waals surface area contributed by atoms with Gasteiger partial charge in [-0.2, -0.15) is 9.37 Å². The number of amides is 3. The SMILES string of the molecule is O=C(C[N+]1=C2c3ccccc3OC2C(=O)N(c2ccc(F)cc2)C1=O)c1ccccc1. The highest BCUT2D eigenvalue weighted by Gasteiger charge is 2.54. The van der Waals surface area contributed by atoms with E-state index in [1.54, 1.807) is 54.6 Å². The van der Waals surface area contributed by atoms with Gasteiger partial charge in [-0.15, -0.1) is 4.90 Å². The number of Topliss-reactive ketones (excluding diaryl/α,β-unsaturated/α-hetero) is 1. The third-order valence-electron chi connectivity index (χ3n) is 5.30. The molecule has 2 aliphatic heterocycles. The van der Waals surface area contributed by atoms with Crippen LogP contribution in [0.2, 0.25) is 0 Å². The number of rotatable bonds is 4. The molecule has 2 heterocycles. The number of ketones is 1. The summed E-state index contributed by atoms with van der Waals surface area (Å²) in [4.78, 5) is 40.5. The molecule has 0 N–H and O–H groups in total. The second kappa shape index (κ2) is 7.28. The minimum Gasteiger partial charge on any atom is -0.469 e. The van der Waals surface area contributed by atoms with Crippen LogP contribution in [0.5, 0.6) is 5.75 Å². The van der Waals surface area contributed by atoms with E-state index in [-0.39, 0.29) is 18.0 Å². The molecule has 3 amide bonds. The van der Waals surface area contributed by atoms with Crippen molar-refractivity contribution in [3.63, 3.8) is 0 Å². The Morgan fingerprint density at radius 1 is 0.935 bits per heavy atom. The maximum absolute atomic E-state index is 13.4. The molecular weight excluding hydrogens is 399 g/mol. The molecule has 152 valence electrons. The van der Waals surface area contributed by atoms with Crippen molar-refractivity contribution >= 4 is 29.1 Å². The second-order valence-electron chi connectivity index (χ2n) is 7.19. The predicted octanol–water partition coefficient (Wildman–Crippen LogP) is 3.44. The van der Waals surface area contributed by atoms with Crippen LogP contribution in [0.4, 0.5) is 14.9 Å². The van der Waals surface area contributed by atoms with E-state index in [0.29, 0.717) is 22.6 Å². The fraction of sp³-hybridized carbons (Fsp3) is 0.0833. The Labute approximate surface area is 176 Å². The Hall–Kier alpha value is -4.13. The fourth-order valence-electron chi connectivity index (χ4n) is 3.83. The summed E-state index contributed by atoms with van der Waals surface area (Å²) in [5.41, 5.74) is 1.58. The number of hydrogen-bond donors (Lipinski definition) is 0. The maximum Gasteiger partial charge on any atom is 0.506 e. The molecule has 0 bridgehead atoms. The van der Waals surface area contributed by atoms with E-state index < -0.39 is 23.9 Å². The first-order chi connectivity index (χ1) is 15.0. The molecule has 0 aliphatic carbocycles. The minimum atomic E-state index is -1.08. The number of nitrogens with zero attached hydrogens (tertiary/aromatic N) is 2. The number of hydrogen-bond acceptors (Lipinski definition) is 4. The van der Waals surface area contributed by atoms with Crippen molar-refractivity contribution in [2.45, 2.75) is 6.10 Å². The number of anilines is 1. The van der Waals surface area contributed by atoms with Crippen LogP contribution in [0.3, 0.4) is 0 Å². The zero-order chi connectivity index (χ0) is 21.5. The van der Waals surface area contributed by atoms with Gasteiger partial charge in [0.25, 0.3) is 6.10 Å². The van der Waals surface area contributed by atoms with E-state index in [1.165, 1.54) is 28.8 Å². The Bertz CT molecular complexity index is 1250. The van der Waals surface area contributed by atoms with E-state index in [2.05, 4.69) is 0 Å². The lowest BCUT2D eigenvalue weighted by molar-refractivity contribution is -0.414. The zero-order valence-electron chi connectivity index (χ0n) is 16.2. The average molecular weight is 415 g/mol. The first-order valence-electron chi connectivity index (χ1n) is 9.67. The summed E-state index contributed by atoms with van der Waals surface area (Å²) in [5, 5.41) is 0. The molecule has 6 nitrogen and oxygen atoms in total. The monoisotopic (exact) mass is 415 g/mol. The highest BCUT2D eigenvalue weighted by molar-refractivity contribution is 6.29. The van der Waals surface area contributed by atoms with E-state index in [4.69, 9.17) is 4.74 Å². The van der Waals surface area contributed by atoms with Crippen LogP contribution in [-0.4, -0.2) is 40.7 Å². The average Bonchev–Trinajstić information content (AvgIpc) is 3.18. The largest absolute Gasteiger partial charge is 0.506 e. The van der Waals surface area contributed by atoms with Crippen LogP contribution in [-0.2, 0) is 4.79 Å². The van der Waals surface area contributed by atoms with Crippen molar-refractivity contribution < 1.29 is 28.1 Å². The van der Waals surface area contributed by atoms with Crippen LogP contribution in [0.1, 0.15) is 15.9 Å². The number of fused-ring (bicyclic) bond motifs is 3. The number of carbonyl (C=O) groups is 3. The van der Waals surface area contributed by atoms with Crippen molar-refractivity contribution in [3.8, 4) is 5.75 Å². The van der Waals surface area contributed by atoms with Crippen LogP contribution < -0.4 is 9.64 Å². The predicted molar refractivity (Wildman–Crippen MR) is 110 cm³/mol. The van der Waals surface area contributed by atoms with Gasteiger partial charge in [0.1, 0.15) is 17.3 Å². The smallest absolute Gasteiger partial charge is 0.469 e. The van der Waals surface area contributed by atoms with E-state index in [9.17, 15) is 18.8 Å². The summed E-state index contributed by atoms with van der Waals surface area (Å²) in [6.07, 6.45) is -1.08. The standard InChI is InChI=1S/C24H16FN2O4/c25-16-10-12-17(13-11-16)27-23(29)22-21(18-8-4-5-9-20(18)31-22)26(24(27)30)14-19(28)15-6-2-1-3-7-15/h1-13,22H,14H2/q+1. The van der Waals surface area contributed by atoms with Gasteiger partial charge < -0.3 is 4.74 Å². The molecule has 0 fully saturated rings. The molecule has 0 saturated heterocycles. The molecule has 3 aromatic rings. The van der Waals surface area contributed by atoms with Crippen molar-refractivity contribution in [3.05, 3.63) is 95.8 Å². The van der Waals surface area contributed by atoms with Gasteiger partial charge in [-0.25, -0.2) is 9.18 Å². The number of benzene rings is 3. The molecule has 1 unspecified atom stereocenters. The molecule has 0 aromatic heterocycles. The summed E-state index contributed by atoms with van der Waals surface area (Å²) in [5.74, 6) is -0.903. The molecule has 31 heavy (non-hydrogen) atoms. The first-order valence-corrected chi connectivity index (χ1v) is 9.67. The van der Waals surface area contributed by atoms with Crippen LogP contribution in [0.25, 0.3) is 0 Å². The Morgan fingerprint density at radius 2 is 1.61 bits per heavy atom. The summed E-state index contributed by atoms with van der Waals surface area (Å²) in [6.45, 7) is -0.267. The Morgan fingerprint density at radius 3 is 2.35 bits per heavy atom. The summed E-state index contributed by atoms with van der Waals surface area (Å²) < 4.78 is 20.5. The molecule has 3 aromatic carbocycles. The fourth-order valence-corrected chi connectivity index (χ4v) is 3.83. The van der Waals surface area contributed by atoms with Crippen LogP contribution in [0.15, 0.2) is 78.9 Å². The highest BCUT2D eigenvalue weighted by atomic mass is 19.1. The number of urea groups is 1. The minimum absolute atomic E-state index is 0.201. The van der Waals surface area contributed by atoms with E-state index >= 15 is 0 Å². The lowest BCUT2D eigenvalue weighted by Crippen LogP contribution is -2.58. The topological polar surface area (TPSA) is 66.7 Å². The Kier molecular flexibility index (Phi) is 4.43. The van der Waals surface area contributed by atoms with Gasteiger partial charge in [0, 0.05) is 5.56 Å². The molecule has 0 saturated carbocycles. The van der Waals surface area contributed by atoms with Crippen LogP contribution in [0, 0.1) is 5.82 Å². The molecule has 2 aliphatic rings. The second-order valence-corrected chi connectivity index (χ2v) is 7.19. The van der Waals surface area contributed by atoms with Crippen molar-refractivity contribution in [2.75, 3.05) is 11.4 Å². The number of para-hydroxylation sites is 1. The molecule has 5 rings (SSSR count). The molecular formula is C24H16FN2O4+. The number of carbonyl (C=O) groups excluding carboxylic acids is 3. The highest BCUT2D eigenvalue weighted by Crippen LogP contribution is 2.33. The van der Waals surface area contributed by atoms with E-state index in [0.717, 1.165) is 4.90 Å². The van der Waals surface area contributed by atoms with Crippen molar-refractivity contribution in [1.29, 1.82) is 0 Å². The number of imide groups is 1. The first kappa shape index (κ1) is 18.9. The van der Waals surface area contributed by atoms with Gasteiger partial charge in [-0.05, 0) is 36.4 Å². The maximum atomic E-state index is 13.4. The summed E-state index contributed by atoms with van der Waals surface area (Å²) in [7, 11) is 0. The molecule has 1 atom stereocenters. The zero-order valence-corrected chi connectivity index (χ0v) is 16.2. The molecule has 0 radical (unpaired) electrons. The van der Waals surface area contributed by atoms with Gasteiger partial charge >= 0.3 is 11.9 Å². The Balaban J connectivity index is 1.64. The lowest BCUT2D eigenvalue weighted by atomic mass is 10.0. The van der Waals surface area contributed by atoms with E-state index in [1.807, 2.05) is 0 Å². The van der Waals surface area contributed by atoms with Crippen molar-refractivity contribution in [2.24, 2.45) is 0 Å². The van der Waals surface area contributed by atoms with Gasteiger partial charge in [0.2, 0.25) is 5.78 Å². The number of halogens is 1. The quantitative estimate of drug-likeness (QED) is 0.484. The summed E-state index contributed by atoms with van der Waals surface area (Å²) >= 11 is 0. The van der Waals surface area contributed by atoms with Gasteiger partial charge in [0.05, 0.1) is 5.56 Å². The van der Waals surface area contributed by atoms with Gasteiger partial charge in [-0.3, -0.25) is 4.79 Å². The normalized spacial score (nSPS) is 17.3. The summed E-state index contributed by atoms with van der Waals surface area (Å²) in [6, 6.07) is 19.9. The van der Waals surface area contributed by atoms with Crippen molar-refractivity contribution in [1.82, 2.24) is 0 Å². The van der Waals surface area contributed by atoms with Gasteiger partial charge in [0.15, 0.2) is 12.3 Å². The molecule has 7 heteroatoms. The third-order valence-corrected chi connectivity index (χ3v) is 5.30. The number of ether oxygens (including phenoxy) is 1. The third kappa shape index (κ3) is 3.11. The molecule has 0 spiro atoms. The van der Waals surface area contributed by atoms with Gasteiger partial charge in [-0.1, -0.05) is 42.5 Å². The van der Waals surface area contributed by atoms with Crippen LogP contribution >= 0.6 is 0 Å². The lowest BCUT2D eigenvalue weighted by Gasteiger charge is -2.23.